The summed E-state index contributed by atoms with van der Waals surface area (Å²) in [7, 11) is -3.59. The lowest BCUT2D eigenvalue weighted by Crippen LogP contribution is -2.41. The van der Waals surface area contributed by atoms with E-state index in [0.717, 1.165) is 12.1 Å². The van der Waals surface area contributed by atoms with E-state index in [2.05, 4.69) is 6.07 Å². The Labute approximate surface area is 140 Å². The molecule has 0 aliphatic carbocycles. The van der Waals surface area contributed by atoms with E-state index in [-0.39, 0.29) is 23.4 Å². The van der Waals surface area contributed by atoms with Crippen molar-refractivity contribution in [3.63, 3.8) is 0 Å². The van der Waals surface area contributed by atoms with Crippen LogP contribution >= 0.6 is 0 Å². The molecule has 2 saturated heterocycles. The van der Waals surface area contributed by atoms with E-state index in [9.17, 15) is 17.6 Å². The Morgan fingerprint density at radius 3 is 2.38 bits per heavy atom. The van der Waals surface area contributed by atoms with Crippen molar-refractivity contribution in [3.8, 4) is 6.07 Å². The predicted octanol–water partition coefficient (Wildman–Crippen LogP) is 1.64. The molecule has 6 nitrogen and oxygen atoms in total. The standard InChI is InChI=1S/C16H18FN3O3S/c17-13-1-3-14(4-2-13)24(22,23)15-6-8-20(11-15)16(21)19-7-5-12(9-18)10-19/h1-4,12,15H,5-8,10-11H2. The fourth-order valence-electron chi connectivity index (χ4n) is 3.21. The van der Waals surface area contributed by atoms with E-state index >= 15 is 0 Å². The van der Waals surface area contributed by atoms with E-state index < -0.39 is 20.9 Å². The maximum atomic E-state index is 13.0. The Balaban J connectivity index is 1.68. The van der Waals surface area contributed by atoms with Crippen LogP contribution in [0.15, 0.2) is 29.2 Å². The summed E-state index contributed by atoms with van der Waals surface area (Å²) in [5.41, 5.74) is 0. The zero-order valence-corrected chi connectivity index (χ0v) is 13.9. The number of halogens is 1. The highest BCUT2D eigenvalue weighted by molar-refractivity contribution is 7.92. The van der Waals surface area contributed by atoms with Gasteiger partial charge in [0.2, 0.25) is 0 Å². The SMILES string of the molecule is N#CC1CCN(C(=O)N2CCC(S(=O)(=O)c3ccc(F)cc3)C2)C1. The number of nitriles is 1. The van der Waals surface area contributed by atoms with Gasteiger partial charge in [-0.1, -0.05) is 0 Å². The molecule has 2 heterocycles. The molecule has 2 unspecified atom stereocenters. The molecule has 0 bridgehead atoms. The fraction of sp³-hybridized carbons (Fsp3) is 0.500. The monoisotopic (exact) mass is 351 g/mol. The average molecular weight is 351 g/mol. The van der Waals surface area contributed by atoms with Gasteiger partial charge < -0.3 is 9.80 Å². The third kappa shape index (κ3) is 3.08. The van der Waals surface area contributed by atoms with Crippen molar-refractivity contribution < 1.29 is 17.6 Å². The number of nitrogens with zero attached hydrogens (tertiary/aromatic N) is 3. The summed E-state index contributed by atoms with van der Waals surface area (Å²) in [6.45, 7) is 1.44. The van der Waals surface area contributed by atoms with Gasteiger partial charge in [0.25, 0.3) is 0 Å². The molecule has 1 aromatic carbocycles. The number of carbonyl (C=O) groups is 1. The van der Waals surface area contributed by atoms with E-state index in [1.807, 2.05) is 0 Å². The number of urea groups is 1. The first-order valence-electron chi connectivity index (χ1n) is 7.85. The van der Waals surface area contributed by atoms with Crippen molar-refractivity contribution >= 4 is 15.9 Å². The van der Waals surface area contributed by atoms with E-state index in [1.165, 1.54) is 17.0 Å². The van der Waals surface area contributed by atoms with Crippen LogP contribution in [0.25, 0.3) is 0 Å². The second-order valence-electron chi connectivity index (χ2n) is 6.20. The summed E-state index contributed by atoms with van der Waals surface area (Å²) < 4.78 is 38.2. The second kappa shape index (κ2) is 6.40. The van der Waals surface area contributed by atoms with Crippen LogP contribution < -0.4 is 0 Å². The first-order chi connectivity index (χ1) is 11.4. The van der Waals surface area contributed by atoms with E-state index in [4.69, 9.17) is 5.26 Å². The lowest BCUT2D eigenvalue weighted by molar-refractivity contribution is 0.172. The molecule has 0 saturated carbocycles. The molecule has 0 aromatic heterocycles. The molecule has 128 valence electrons. The van der Waals surface area contributed by atoms with Gasteiger partial charge in [0.05, 0.1) is 22.1 Å². The maximum absolute atomic E-state index is 13.0. The molecule has 3 rings (SSSR count). The van der Waals surface area contributed by atoms with Crippen molar-refractivity contribution in [2.75, 3.05) is 26.2 Å². The minimum absolute atomic E-state index is 0.0777. The molecular weight excluding hydrogens is 333 g/mol. The smallest absolute Gasteiger partial charge is 0.320 e. The van der Waals surface area contributed by atoms with Crippen LogP contribution in [0.2, 0.25) is 0 Å². The highest BCUT2D eigenvalue weighted by Gasteiger charge is 2.38. The van der Waals surface area contributed by atoms with Gasteiger partial charge in [-0.15, -0.1) is 0 Å². The van der Waals surface area contributed by atoms with Crippen molar-refractivity contribution in [2.45, 2.75) is 23.0 Å². The summed E-state index contributed by atoms with van der Waals surface area (Å²) >= 11 is 0. The zero-order valence-electron chi connectivity index (χ0n) is 13.1. The van der Waals surface area contributed by atoms with Gasteiger partial charge in [0.1, 0.15) is 5.82 Å². The normalized spacial score (nSPS) is 24.2. The third-order valence-corrected chi connectivity index (χ3v) is 6.83. The zero-order chi connectivity index (χ0) is 17.3. The average Bonchev–Trinajstić information content (AvgIpc) is 3.24. The lowest BCUT2D eigenvalue weighted by Gasteiger charge is -2.24. The highest BCUT2D eigenvalue weighted by atomic mass is 32.2. The van der Waals surface area contributed by atoms with Crippen LogP contribution in [0.1, 0.15) is 12.8 Å². The lowest BCUT2D eigenvalue weighted by atomic mass is 10.1. The van der Waals surface area contributed by atoms with Crippen LogP contribution in [0, 0.1) is 23.1 Å². The summed E-state index contributed by atoms with van der Waals surface area (Å²) in [6, 6.07) is 6.71. The molecule has 2 aliphatic heterocycles. The first kappa shape index (κ1) is 16.7. The van der Waals surface area contributed by atoms with E-state index in [1.54, 1.807) is 4.90 Å². The number of carbonyl (C=O) groups excluding carboxylic acids is 1. The summed E-state index contributed by atoms with van der Waals surface area (Å²) in [5, 5.41) is 8.24. The predicted molar refractivity (Wildman–Crippen MR) is 84.3 cm³/mol. The number of likely N-dealkylation sites (tertiary alicyclic amines) is 2. The van der Waals surface area contributed by atoms with Crippen LogP contribution in [-0.4, -0.2) is 55.7 Å². The summed E-state index contributed by atoms with van der Waals surface area (Å²) in [4.78, 5) is 15.7. The summed E-state index contributed by atoms with van der Waals surface area (Å²) in [6.07, 6.45) is 1.02. The van der Waals surface area contributed by atoms with Crippen LogP contribution in [-0.2, 0) is 9.84 Å². The number of sulfone groups is 1. The molecule has 2 aliphatic rings. The molecule has 0 radical (unpaired) electrons. The van der Waals surface area contributed by atoms with Gasteiger partial charge in [0.15, 0.2) is 9.84 Å². The largest absolute Gasteiger partial charge is 0.323 e. The molecular formula is C16H18FN3O3S. The van der Waals surface area contributed by atoms with Crippen LogP contribution in [0.5, 0.6) is 0 Å². The maximum Gasteiger partial charge on any atom is 0.320 e. The topological polar surface area (TPSA) is 81.5 Å². The molecule has 24 heavy (non-hydrogen) atoms. The minimum atomic E-state index is -3.59. The van der Waals surface area contributed by atoms with Crippen molar-refractivity contribution in [1.82, 2.24) is 9.80 Å². The van der Waals surface area contributed by atoms with Gasteiger partial charge in [-0.3, -0.25) is 0 Å². The number of rotatable bonds is 2. The number of hydrogen-bond acceptors (Lipinski definition) is 4. The Bertz CT molecular complexity index is 773. The molecule has 2 fully saturated rings. The molecule has 2 atom stereocenters. The van der Waals surface area contributed by atoms with Crippen LogP contribution in [0.3, 0.4) is 0 Å². The van der Waals surface area contributed by atoms with Gasteiger partial charge in [-0.2, -0.15) is 5.26 Å². The Hall–Kier alpha value is -2.14. The van der Waals surface area contributed by atoms with Gasteiger partial charge in [-0.05, 0) is 37.1 Å². The number of benzene rings is 1. The molecule has 1 aromatic rings. The Morgan fingerprint density at radius 2 is 1.75 bits per heavy atom. The molecule has 0 N–H and O–H groups in total. The number of hydrogen-bond donors (Lipinski definition) is 0. The van der Waals surface area contributed by atoms with Crippen molar-refractivity contribution in [3.05, 3.63) is 30.1 Å². The van der Waals surface area contributed by atoms with Crippen molar-refractivity contribution in [2.24, 2.45) is 5.92 Å². The Morgan fingerprint density at radius 1 is 1.12 bits per heavy atom. The first-order valence-corrected chi connectivity index (χ1v) is 9.39. The highest BCUT2D eigenvalue weighted by Crippen LogP contribution is 2.26. The van der Waals surface area contributed by atoms with Gasteiger partial charge in [0, 0.05) is 26.2 Å². The molecule has 8 heteroatoms. The fourth-order valence-corrected chi connectivity index (χ4v) is 4.90. The number of amides is 2. The van der Waals surface area contributed by atoms with Gasteiger partial charge in [-0.25, -0.2) is 17.6 Å². The second-order valence-corrected chi connectivity index (χ2v) is 8.43. The minimum Gasteiger partial charge on any atom is -0.323 e. The van der Waals surface area contributed by atoms with Gasteiger partial charge >= 0.3 is 6.03 Å². The quantitative estimate of drug-likeness (QED) is 0.759. The molecule has 0 spiro atoms. The molecule has 2 amide bonds. The Kier molecular flexibility index (Phi) is 4.45. The van der Waals surface area contributed by atoms with Crippen molar-refractivity contribution in [1.29, 1.82) is 5.26 Å². The summed E-state index contributed by atoms with van der Waals surface area (Å²) in [5.74, 6) is -0.631. The van der Waals surface area contributed by atoms with Crippen LogP contribution in [0.4, 0.5) is 9.18 Å². The van der Waals surface area contributed by atoms with E-state index in [0.29, 0.717) is 32.5 Å². The third-order valence-electron chi connectivity index (χ3n) is 4.64.